The van der Waals surface area contributed by atoms with Crippen LogP contribution in [-0.4, -0.2) is 21.0 Å². The highest BCUT2D eigenvalue weighted by Crippen LogP contribution is 2.17. The number of imidazole rings is 1. The van der Waals surface area contributed by atoms with Crippen molar-refractivity contribution in [2.45, 2.75) is 45.7 Å². The maximum atomic E-state index is 12.0. The van der Waals surface area contributed by atoms with Crippen molar-refractivity contribution in [3.63, 3.8) is 0 Å². The summed E-state index contributed by atoms with van der Waals surface area (Å²) in [5, 5.41) is 2.85. The minimum absolute atomic E-state index is 0.199. The van der Waals surface area contributed by atoms with Gasteiger partial charge < -0.3 is 15.6 Å². The number of hydrogen-bond donors (Lipinski definition) is 2. The highest BCUT2D eigenvalue weighted by Gasteiger charge is 2.21. The van der Waals surface area contributed by atoms with Crippen LogP contribution in [0.1, 0.15) is 45.0 Å². The van der Waals surface area contributed by atoms with E-state index in [1.807, 2.05) is 36.7 Å². The smallest absolute Gasteiger partial charge is 0.243 e. The summed E-state index contributed by atoms with van der Waals surface area (Å²) >= 11 is 0. The normalized spacial score (nSPS) is 11.7. The van der Waals surface area contributed by atoms with Gasteiger partial charge in [0.2, 0.25) is 5.91 Å². The molecule has 3 N–H and O–H groups in total. The van der Waals surface area contributed by atoms with Gasteiger partial charge in [-0.05, 0) is 31.5 Å². The van der Waals surface area contributed by atoms with Gasteiger partial charge in [-0.3, -0.25) is 4.79 Å². The summed E-state index contributed by atoms with van der Waals surface area (Å²) in [5.41, 5.74) is 6.77. The first-order valence-corrected chi connectivity index (χ1v) is 7.47. The van der Waals surface area contributed by atoms with Gasteiger partial charge in [0.1, 0.15) is 5.82 Å². The Morgan fingerprint density at radius 1 is 1.41 bits per heavy atom. The van der Waals surface area contributed by atoms with Crippen molar-refractivity contribution >= 4 is 11.6 Å². The Kier molecular flexibility index (Phi) is 4.66. The fourth-order valence-electron chi connectivity index (χ4n) is 2.19. The summed E-state index contributed by atoms with van der Waals surface area (Å²) < 4.78 is 2.12. The van der Waals surface area contributed by atoms with Crippen molar-refractivity contribution in [1.82, 2.24) is 9.55 Å². The van der Waals surface area contributed by atoms with Gasteiger partial charge in [0.15, 0.2) is 0 Å². The van der Waals surface area contributed by atoms with Crippen LogP contribution in [0.2, 0.25) is 0 Å². The van der Waals surface area contributed by atoms with E-state index in [2.05, 4.69) is 28.7 Å². The number of rotatable bonds is 5. The first kappa shape index (κ1) is 16.2. The molecule has 1 heterocycles. The molecule has 1 aromatic heterocycles. The van der Waals surface area contributed by atoms with E-state index in [-0.39, 0.29) is 5.91 Å². The predicted molar refractivity (Wildman–Crippen MR) is 88.8 cm³/mol. The van der Waals surface area contributed by atoms with E-state index >= 15 is 0 Å². The van der Waals surface area contributed by atoms with Crippen LogP contribution < -0.4 is 11.1 Å². The maximum Gasteiger partial charge on any atom is 0.243 e. The molecular weight excluding hydrogens is 276 g/mol. The first-order chi connectivity index (χ1) is 10.3. The van der Waals surface area contributed by atoms with Gasteiger partial charge in [0.05, 0.1) is 5.54 Å². The Morgan fingerprint density at radius 3 is 2.77 bits per heavy atom. The van der Waals surface area contributed by atoms with Gasteiger partial charge in [-0.15, -0.1) is 0 Å². The number of nitrogens with zero attached hydrogens (tertiary/aromatic N) is 2. The van der Waals surface area contributed by atoms with Crippen LogP contribution in [0.3, 0.4) is 0 Å². The zero-order valence-electron chi connectivity index (χ0n) is 13.6. The van der Waals surface area contributed by atoms with Crippen molar-refractivity contribution in [1.29, 1.82) is 0 Å². The van der Waals surface area contributed by atoms with Gasteiger partial charge in [-0.1, -0.05) is 26.0 Å². The van der Waals surface area contributed by atoms with E-state index in [4.69, 9.17) is 5.73 Å². The second kappa shape index (κ2) is 6.32. The standard InChI is InChI=1S/C17H24N4O/c1-12(2)15-19-8-9-21(15)11-13-6-5-7-14(10-13)20-16(22)17(3,4)18/h5-10,12H,11,18H2,1-4H3,(H,20,22). The fourth-order valence-corrected chi connectivity index (χ4v) is 2.19. The Bertz CT molecular complexity index is 653. The second-order valence-corrected chi connectivity index (χ2v) is 6.44. The monoisotopic (exact) mass is 300 g/mol. The minimum atomic E-state index is -0.898. The number of carbonyl (C=O) groups is 1. The summed E-state index contributed by atoms with van der Waals surface area (Å²) in [6.45, 7) is 8.35. The predicted octanol–water partition coefficient (Wildman–Crippen LogP) is 2.73. The van der Waals surface area contributed by atoms with E-state index in [0.29, 0.717) is 5.92 Å². The Morgan fingerprint density at radius 2 is 2.14 bits per heavy atom. The van der Waals surface area contributed by atoms with E-state index in [1.165, 1.54) is 0 Å². The summed E-state index contributed by atoms with van der Waals surface area (Å²) in [6, 6.07) is 7.80. The number of amides is 1. The highest BCUT2D eigenvalue weighted by atomic mass is 16.2. The van der Waals surface area contributed by atoms with Gasteiger partial charge in [-0.2, -0.15) is 0 Å². The molecule has 0 radical (unpaired) electrons. The lowest BCUT2D eigenvalue weighted by Crippen LogP contribution is -2.45. The van der Waals surface area contributed by atoms with Crippen molar-refractivity contribution in [3.8, 4) is 0 Å². The summed E-state index contributed by atoms with van der Waals surface area (Å²) in [7, 11) is 0. The average molecular weight is 300 g/mol. The summed E-state index contributed by atoms with van der Waals surface area (Å²) in [5.74, 6) is 1.23. The molecule has 0 saturated heterocycles. The van der Waals surface area contributed by atoms with Crippen molar-refractivity contribution in [2.75, 3.05) is 5.32 Å². The molecule has 1 aromatic carbocycles. The van der Waals surface area contributed by atoms with E-state index in [0.717, 1.165) is 23.6 Å². The SMILES string of the molecule is CC(C)c1nccn1Cc1cccc(NC(=O)C(C)(C)N)c1. The van der Waals surface area contributed by atoms with Gasteiger partial charge in [0, 0.05) is 30.5 Å². The Balaban J connectivity index is 2.15. The third kappa shape index (κ3) is 3.95. The lowest BCUT2D eigenvalue weighted by Gasteiger charge is -2.18. The molecule has 2 rings (SSSR count). The van der Waals surface area contributed by atoms with Crippen LogP contribution >= 0.6 is 0 Å². The van der Waals surface area contributed by atoms with Gasteiger partial charge in [-0.25, -0.2) is 4.98 Å². The number of hydrogen-bond acceptors (Lipinski definition) is 3. The third-order valence-corrected chi connectivity index (χ3v) is 3.39. The summed E-state index contributed by atoms with van der Waals surface area (Å²) in [6.07, 6.45) is 3.79. The molecule has 0 unspecified atom stereocenters. The lowest BCUT2D eigenvalue weighted by molar-refractivity contribution is -0.120. The van der Waals surface area contributed by atoms with E-state index < -0.39 is 5.54 Å². The van der Waals surface area contributed by atoms with Gasteiger partial charge in [0.25, 0.3) is 0 Å². The highest BCUT2D eigenvalue weighted by molar-refractivity contribution is 5.97. The largest absolute Gasteiger partial charge is 0.330 e. The quantitative estimate of drug-likeness (QED) is 0.891. The van der Waals surface area contributed by atoms with Crippen molar-refractivity contribution < 1.29 is 4.79 Å². The first-order valence-electron chi connectivity index (χ1n) is 7.47. The Labute approximate surface area is 131 Å². The topological polar surface area (TPSA) is 72.9 Å². The third-order valence-electron chi connectivity index (χ3n) is 3.39. The van der Waals surface area contributed by atoms with Crippen molar-refractivity contribution in [2.24, 2.45) is 5.73 Å². The van der Waals surface area contributed by atoms with Crippen LogP contribution in [0.4, 0.5) is 5.69 Å². The number of anilines is 1. The number of nitrogens with one attached hydrogen (secondary N) is 1. The van der Waals surface area contributed by atoms with Crippen LogP contribution in [0.25, 0.3) is 0 Å². The summed E-state index contributed by atoms with van der Waals surface area (Å²) in [4.78, 5) is 16.3. The zero-order valence-corrected chi connectivity index (χ0v) is 13.6. The van der Waals surface area contributed by atoms with Crippen LogP contribution in [0.5, 0.6) is 0 Å². The lowest BCUT2D eigenvalue weighted by atomic mass is 10.1. The molecule has 0 spiro atoms. The molecule has 1 amide bonds. The molecular formula is C17H24N4O. The molecule has 0 aliphatic carbocycles. The molecule has 2 aromatic rings. The van der Waals surface area contributed by atoms with Crippen LogP contribution in [-0.2, 0) is 11.3 Å². The zero-order chi connectivity index (χ0) is 16.3. The number of benzene rings is 1. The minimum Gasteiger partial charge on any atom is -0.330 e. The average Bonchev–Trinajstić information content (AvgIpc) is 2.86. The molecule has 5 heteroatoms. The molecule has 0 saturated carbocycles. The number of nitrogens with two attached hydrogens (primary N) is 1. The molecule has 22 heavy (non-hydrogen) atoms. The van der Waals surface area contributed by atoms with Crippen LogP contribution in [0.15, 0.2) is 36.7 Å². The molecule has 118 valence electrons. The van der Waals surface area contributed by atoms with E-state index in [1.54, 1.807) is 13.8 Å². The molecule has 0 aliphatic heterocycles. The Hall–Kier alpha value is -2.14. The number of carbonyl (C=O) groups excluding carboxylic acids is 1. The molecule has 5 nitrogen and oxygen atoms in total. The molecule has 0 atom stereocenters. The molecule has 0 fully saturated rings. The molecule has 0 aliphatic rings. The fraction of sp³-hybridized carbons (Fsp3) is 0.412. The number of aromatic nitrogens is 2. The second-order valence-electron chi connectivity index (χ2n) is 6.44. The van der Waals surface area contributed by atoms with Crippen LogP contribution in [0, 0.1) is 0 Å². The maximum absolute atomic E-state index is 12.0. The van der Waals surface area contributed by atoms with Crippen molar-refractivity contribution in [3.05, 3.63) is 48.0 Å². The molecule has 0 bridgehead atoms. The van der Waals surface area contributed by atoms with E-state index in [9.17, 15) is 4.79 Å². The van der Waals surface area contributed by atoms with Gasteiger partial charge >= 0.3 is 0 Å².